The molecule has 8 nitrogen and oxygen atoms in total. The maximum absolute atomic E-state index is 12.9. The van der Waals surface area contributed by atoms with Crippen LogP contribution in [-0.4, -0.2) is 26.0 Å². The van der Waals surface area contributed by atoms with Gasteiger partial charge in [-0.25, -0.2) is 4.79 Å². The zero-order valence-corrected chi connectivity index (χ0v) is 20.0. The molecule has 2 N–H and O–H groups in total. The fourth-order valence-corrected chi connectivity index (χ4v) is 4.62. The van der Waals surface area contributed by atoms with Gasteiger partial charge < -0.3 is 24.7 Å². The number of rotatable bonds is 6. The Morgan fingerprint density at radius 1 is 1.26 bits per heavy atom. The molecule has 0 radical (unpaired) electrons. The quantitative estimate of drug-likeness (QED) is 0.591. The SMILES string of the molecule is COC(=O)C1=C(N)OC2=C(C(=O)CCC2)[C@H]1c1cc(Cl)c(OCc2ccccc2C#N)c(OC)c1. The molecule has 0 fully saturated rings. The Hall–Kier alpha value is -3.96. The number of ketones is 1. The van der Waals surface area contributed by atoms with Crippen LogP contribution in [0, 0.1) is 11.3 Å². The molecule has 35 heavy (non-hydrogen) atoms. The van der Waals surface area contributed by atoms with Crippen LogP contribution in [0.2, 0.25) is 5.02 Å². The molecule has 1 heterocycles. The van der Waals surface area contributed by atoms with Crippen molar-refractivity contribution in [1.82, 2.24) is 0 Å². The van der Waals surface area contributed by atoms with Crippen LogP contribution in [0.5, 0.6) is 11.5 Å². The second-order valence-electron chi connectivity index (χ2n) is 8.01. The average molecular weight is 495 g/mol. The smallest absolute Gasteiger partial charge is 0.340 e. The van der Waals surface area contributed by atoms with Crippen molar-refractivity contribution in [3.05, 3.63) is 80.9 Å². The van der Waals surface area contributed by atoms with Crippen molar-refractivity contribution in [3.8, 4) is 17.6 Å². The molecule has 0 saturated heterocycles. The second-order valence-corrected chi connectivity index (χ2v) is 8.42. The van der Waals surface area contributed by atoms with Gasteiger partial charge in [0.2, 0.25) is 5.88 Å². The highest BCUT2D eigenvalue weighted by molar-refractivity contribution is 6.32. The van der Waals surface area contributed by atoms with Crippen LogP contribution in [0.1, 0.15) is 41.9 Å². The number of Topliss-reactive ketones (excluding diaryl/α,β-unsaturated/α-hetero) is 1. The van der Waals surface area contributed by atoms with E-state index in [0.29, 0.717) is 53.0 Å². The van der Waals surface area contributed by atoms with Gasteiger partial charge >= 0.3 is 5.97 Å². The summed E-state index contributed by atoms with van der Waals surface area (Å²) in [6.45, 7) is 0.0878. The summed E-state index contributed by atoms with van der Waals surface area (Å²) in [5.41, 5.74) is 8.17. The first-order valence-electron chi connectivity index (χ1n) is 10.9. The Kier molecular flexibility index (Phi) is 6.99. The van der Waals surface area contributed by atoms with Crippen LogP contribution in [-0.2, 0) is 25.7 Å². The number of carbonyl (C=O) groups excluding carboxylic acids is 2. The molecular weight excluding hydrogens is 472 g/mol. The van der Waals surface area contributed by atoms with E-state index >= 15 is 0 Å². The van der Waals surface area contributed by atoms with Crippen molar-refractivity contribution in [3.63, 3.8) is 0 Å². The van der Waals surface area contributed by atoms with Crippen molar-refractivity contribution < 1.29 is 28.5 Å². The molecule has 1 aliphatic heterocycles. The van der Waals surface area contributed by atoms with Gasteiger partial charge in [0.15, 0.2) is 17.3 Å². The van der Waals surface area contributed by atoms with E-state index < -0.39 is 11.9 Å². The molecule has 0 amide bonds. The van der Waals surface area contributed by atoms with E-state index in [9.17, 15) is 14.9 Å². The minimum Gasteiger partial charge on any atom is -0.493 e. The van der Waals surface area contributed by atoms with Gasteiger partial charge in [0.25, 0.3) is 0 Å². The number of methoxy groups -OCH3 is 2. The minimum atomic E-state index is -0.834. The molecule has 2 aromatic carbocycles. The number of hydrogen-bond acceptors (Lipinski definition) is 8. The average Bonchev–Trinajstić information content (AvgIpc) is 2.86. The second kappa shape index (κ2) is 10.1. The van der Waals surface area contributed by atoms with Gasteiger partial charge in [0, 0.05) is 24.0 Å². The third kappa shape index (κ3) is 4.55. The normalized spacial score (nSPS) is 17.3. The summed E-state index contributed by atoms with van der Waals surface area (Å²) in [5.74, 6) is -0.785. The molecule has 2 aliphatic rings. The highest BCUT2D eigenvalue weighted by Gasteiger charge is 2.41. The number of esters is 1. The van der Waals surface area contributed by atoms with Gasteiger partial charge in [0.1, 0.15) is 17.9 Å². The van der Waals surface area contributed by atoms with E-state index in [4.69, 9.17) is 36.3 Å². The predicted octanol–water partition coefficient (Wildman–Crippen LogP) is 4.26. The Morgan fingerprint density at radius 2 is 2.03 bits per heavy atom. The molecule has 9 heteroatoms. The highest BCUT2D eigenvalue weighted by atomic mass is 35.5. The van der Waals surface area contributed by atoms with Gasteiger partial charge in [0.05, 0.1) is 36.8 Å². The first-order chi connectivity index (χ1) is 16.9. The maximum atomic E-state index is 12.9. The molecule has 0 aromatic heterocycles. The first-order valence-corrected chi connectivity index (χ1v) is 11.3. The fraction of sp³-hybridized carbons (Fsp3) is 0.269. The zero-order valence-electron chi connectivity index (χ0n) is 19.2. The van der Waals surface area contributed by atoms with Crippen LogP contribution < -0.4 is 15.2 Å². The number of nitriles is 1. The van der Waals surface area contributed by atoms with Gasteiger partial charge in [-0.1, -0.05) is 29.8 Å². The largest absolute Gasteiger partial charge is 0.493 e. The first kappa shape index (κ1) is 24.2. The number of nitrogens with two attached hydrogens (primary N) is 1. The molecule has 1 aliphatic carbocycles. The van der Waals surface area contributed by atoms with Crippen LogP contribution in [0.3, 0.4) is 0 Å². The lowest BCUT2D eigenvalue weighted by atomic mass is 9.77. The number of benzene rings is 2. The van der Waals surface area contributed by atoms with E-state index in [1.807, 2.05) is 6.07 Å². The van der Waals surface area contributed by atoms with E-state index in [1.165, 1.54) is 14.2 Å². The monoisotopic (exact) mass is 494 g/mol. The van der Waals surface area contributed by atoms with Crippen molar-refractivity contribution in [2.75, 3.05) is 14.2 Å². The molecular formula is C26H23ClN2O6. The van der Waals surface area contributed by atoms with E-state index in [-0.39, 0.29) is 34.6 Å². The fourth-order valence-electron chi connectivity index (χ4n) is 4.35. The molecule has 4 rings (SSSR count). The Balaban J connectivity index is 1.78. The van der Waals surface area contributed by atoms with Gasteiger partial charge in [-0.15, -0.1) is 0 Å². The van der Waals surface area contributed by atoms with Crippen LogP contribution in [0.25, 0.3) is 0 Å². The standard InChI is InChI=1S/C26H23ClN2O6/c1-32-20-11-16(10-17(27)24(20)34-13-15-7-4-3-6-14(15)12-28)21-22-18(30)8-5-9-19(22)35-25(29)23(21)26(31)33-2/h3-4,6-7,10-11,21H,5,8-9,13,29H2,1-2H3/t21-/m1/s1. The lowest BCUT2D eigenvalue weighted by Crippen LogP contribution is -2.31. The predicted molar refractivity (Wildman–Crippen MR) is 126 cm³/mol. The number of nitrogens with zero attached hydrogens (tertiary/aromatic N) is 1. The summed E-state index contributed by atoms with van der Waals surface area (Å²) < 4.78 is 22.1. The lowest BCUT2D eigenvalue weighted by molar-refractivity contribution is -0.136. The summed E-state index contributed by atoms with van der Waals surface area (Å²) in [4.78, 5) is 25.6. The number of allylic oxidation sites excluding steroid dienone is 2. The summed E-state index contributed by atoms with van der Waals surface area (Å²) in [7, 11) is 2.69. The summed E-state index contributed by atoms with van der Waals surface area (Å²) in [6, 6.07) is 12.4. The topological polar surface area (TPSA) is 121 Å². The van der Waals surface area contributed by atoms with Crippen molar-refractivity contribution >= 4 is 23.4 Å². The third-order valence-electron chi connectivity index (χ3n) is 5.98. The van der Waals surface area contributed by atoms with Crippen LogP contribution in [0.4, 0.5) is 0 Å². The molecule has 2 aromatic rings. The van der Waals surface area contributed by atoms with Crippen LogP contribution >= 0.6 is 11.6 Å². The molecule has 180 valence electrons. The summed E-state index contributed by atoms with van der Waals surface area (Å²) in [5, 5.41) is 9.53. The molecule has 0 bridgehead atoms. The Bertz CT molecular complexity index is 1310. The van der Waals surface area contributed by atoms with E-state index in [0.717, 1.165) is 0 Å². The lowest BCUT2D eigenvalue weighted by Gasteiger charge is -2.32. The summed E-state index contributed by atoms with van der Waals surface area (Å²) in [6.07, 6.45) is 1.49. The van der Waals surface area contributed by atoms with Crippen LogP contribution in [0.15, 0.2) is 59.2 Å². The van der Waals surface area contributed by atoms with Gasteiger partial charge in [-0.3, -0.25) is 4.79 Å². The molecule has 0 unspecified atom stereocenters. The summed E-state index contributed by atoms with van der Waals surface area (Å²) >= 11 is 6.62. The number of ether oxygens (including phenoxy) is 4. The zero-order chi connectivity index (χ0) is 25.1. The Labute approximate surface area is 207 Å². The Morgan fingerprint density at radius 3 is 2.74 bits per heavy atom. The number of hydrogen-bond donors (Lipinski definition) is 1. The highest BCUT2D eigenvalue weighted by Crippen LogP contribution is 2.47. The van der Waals surface area contributed by atoms with Gasteiger partial charge in [-0.2, -0.15) is 5.26 Å². The molecule has 0 spiro atoms. The molecule has 0 saturated carbocycles. The molecule has 1 atom stereocenters. The number of halogens is 1. The van der Waals surface area contributed by atoms with Crippen molar-refractivity contribution in [1.29, 1.82) is 5.26 Å². The van der Waals surface area contributed by atoms with E-state index in [1.54, 1.807) is 30.3 Å². The maximum Gasteiger partial charge on any atom is 0.340 e. The van der Waals surface area contributed by atoms with Crippen molar-refractivity contribution in [2.45, 2.75) is 31.8 Å². The van der Waals surface area contributed by atoms with Gasteiger partial charge in [-0.05, 0) is 30.2 Å². The minimum absolute atomic E-state index is 0.0243. The third-order valence-corrected chi connectivity index (χ3v) is 6.27. The van der Waals surface area contributed by atoms with Crippen molar-refractivity contribution in [2.24, 2.45) is 5.73 Å². The van der Waals surface area contributed by atoms with E-state index in [2.05, 4.69) is 6.07 Å². The number of carbonyl (C=O) groups is 2.